The first kappa shape index (κ1) is 15.7. The number of carboxylic acids is 1. The standard InChI is InChI=1S/C19H15ClN2O3/c1-25-14-6-4-13(5-7-14)22-18-15-9-3-12(20)10-11(15)2-8-16(18)17(21-22)19(23)24/h3-7,9-10H,2,8H2,1H3,(H,23,24). The summed E-state index contributed by atoms with van der Waals surface area (Å²) in [4.78, 5) is 11.7. The number of carboxylic acid groups (broad SMARTS) is 1. The largest absolute Gasteiger partial charge is 0.497 e. The molecule has 3 aromatic rings. The molecule has 25 heavy (non-hydrogen) atoms. The number of halogens is 1. The second-order valence-corrected chi connectivity index (χ2v) is 6.33. The molecule has 6 heteroatoms. The Morgan fingerprint density at radius 2 is 1.96 bits per heavy atom. The Labute approximate surface area is 149 Å². The number of benzene rings is 2. The summed E-state index contributed by atoms with van der Waals surface area (Å²) in [5.74, 6) is -0.281. The number of ether oxygens (including phenoxy) is 1. The van der Waals surface area contributed by atoms with Crippen LogP contribution in [0, 0.1) is 0 Å². The predicted molar refractivity (Wildman–Crippen MR) is 94.9 cm³/mol. The average molecular weight is 355 g/mol. The van der Waals surface area contributed by atoms with E-state index in [1.54, 1.807) is 11.8 Å². The van der Waals surface area contributed by atoms with Gasteiger partial charge in [0, 0.05) is 16.1 Å². The molecule has 0 unspecified atom stereocenters. The number of rotatable bonds is 3. The van der Waals surface area contributed by atoms with E-state index in [9.17, 15) is 9.90 Å². The molecule has 0 aliphatic heterocycles. The van der Waals surface area contributed by atoms with Gasteiger partial charge in [-0.2, -0.15) is 5.10 Å². The zero-order valence-electron chi connectivity index (χ0n) is 13.5. The number of methoxy groups -OCH3 is 1. The number of hydrogen-bond donors (Lipinski definition) is 1. The van der Waals surface area contributed by atoms with Gasteiger partial charge in [0.2, 0.25) is 0 Å². The minimum Gasteiger partial charge on any atom is -0.497 e. The SMILES string of the molecule is COc1ccc(-n2nc(C(=O)O)c3c2-c2ccc(Cl)cc2CC3)cc1. The van der Waals surface area contributed by atoms with E-state index in [1.165, 1.54) is 0 Å². The van der Waals surface area contributed by atoms with Gasteiger partial charge in [-0.1, -0.05) is 17.7 Å². The smallest absolute Gasteiger partial charge is 0.356 e. The van der Waals surface area contributed by atoms with Crippen LogP contribution in [0.3, 0.4) is 0 Å². The Bertz CT molecular complexity index is 977. The molecule has 0 spiro atoms. The van der Waals surface area contributed by atoms with Gasteiger partial charge in [-0.15, -0.1) is 0 Å². The summed E-state index contributed by atoms with van der Waals surface area (Å²) in [7, 11) is 1.60. The summed E-state index contributed by atoms with van der Waals surface area (Å²) in [6.07, 6.45) is 1.37. The molecule has 0 radical (unpaired) electrons. The molecule has 0 bridgehead atoms. The summed E-state index contributed by atoms with van der Waals surface area (Å²) in [5, 5.41) is 14.6. The van der Waals surface area contributed by atoms with Gasteiger partial charge in [0.1, 0.15) is 5.75 Å². The van der Waals surface area contributed by atoms with E-state index in [0.29, 0.717) is 11.4 Å². The summed E-state index contributed by atoms with van der Waals surface area (Å²) < 4.78 is 6.89. The topological polar surface area (TPSA) is 64.4 Å². The van der Waals surface area contributed by atoms with Crippen LogP contribution in [-0.4, -0.2) is 28.0 Å². The van der Waals surface area contributed by atoms with Crippen LogP contribution in [0.15, 0.2) is 42.5 Å². The third kappa shape index (κ3) is 2.57. The Hall–Kier alpha value is -2.79. The molecule has 0 saturated heterocycles. The molecule has 1 aliphatic carbocycles. The van der Waals surface area contributed by atoms with Crippen LogP contribution in [0.4, 0.5) is 0 Å². The number of fused-ring (bicyclic) bond motifs is 3. The predicted octanol–water partition coefficient (Wildman–Crippen LogP) is 4.00. The van der Waals surface area contributed by atoms with Gasteiger partial charge >= 0.3 is 5.97 Å². The highest BCUT2D eigenvalue weighted by molar-refractivity contribution is 6.30. The number of hydrogen-bond acceptors (Lipinski definition) is 3. The number of aromatic carboxylic acids is 1. The van der Waals surface area contributed by atoms with E-state index >= 15 is 0 Å². The Morgan fingerprint density at radius 3 is 2.64 bits per heavy atom. The third-order valence-electron chi connectivity index (χ3n) is 4.47. The second kappa shape index (κ2) is 5.93. The van der Waals surface area contributed by atoms with Crippen LogP contribution < -0.4 is 4.74 Å². The molecule has 1 aliphatic rings. The lowest BCUT2D eigenvalue weighted by atomic mass is 9.89. The van der Waals surface area contributed by atoms with Crippen molar-refractivity contribution in [3.63, 3.8) is 0 Å². The first-order valence-electron chi connectivity index (χ1n) is 7.87. The highest BCUT2D eigenvalue weighted by Crippen LogP contribution is 2.38. The molecule has 0 saturated carbocycles. The lowest BCUT2D eigenvalue weighted by molar-refractivity contribution is 0.0688. The van der Waals surface area contributed by atoms with Gasteiger partial charge in [0.15, 0.2) is 5.69 Å². The molecule has 5 nitrogen and oxygen atoms in total. The van der Waals surface area contributed by atoms with Crippen molar-refractivity contribution in [2.24, 2.45) is 0 Å². The van der Waals surface area contributed by atoms with Crippen LogP contribution in [0.25, 0.3) is 16.9 Å². The minimum atomic E-state index is -1.01. The monoisotopic (exact) mass is 354 g/mol. The Kier molecular flexibility index (Phi) is 3.73. The van der Waals surface area contributed by atoms with Crippen molar-refractivity contribution in [3.05, 3.63) is 64.3 Å². The lowest BCUT2D eigenvalue weighted by Crippen LogP contribution is -2.08. The molecular formula is C19H15ClN2O3. The zero-order chi connectivity index (χ0) is 17.6. The summed E-state index contributed by atoms with van der Waals surface area (Å²) in [5.41, 5.74) is 4.55. The summed E-state index contributed by atoms with van der Waals surface area (Å²) in [6, 6.07) is 13.1. The maximum absolute atomic E-state index is 11.7. The molecule has 2 aromatic carbocycles. The molecule has 0 atom stereocenters. The first-order valence-corrected chi connectivity index (χ1v) is 8.24. The second-order valence-electron chi connectivity index (χ2n) is 5.89. The van der Waals surface area contributed by atoms with Gasteiger partial charge in [0.25, 0.3) is 0 Å². The normalized spacial score (nSPS) is 12.4. The van der Waals surface area contributed by atoms with E-state index in [0.717, 1.165) is 40.2 Å². The van der Waals surface area contributed by atoms with Crippen molar-refractivity contribution in [1.29, 1.82) is 0 Å². The van der Waals surface area contributed by atoms with Gasteiger partial charge in [-0.3, -0.25) is 0 Å². The summed E-state index contributed by atoms with van der Waals surface area (Å²) >= 11 is 6.12. The fourth-order valence-electron chi connectivity index (χ4n) is 3.31. The van der Waals surface area contributed by atoms with Crippen LogP contribution in [0.1, 0.15) is 21.6 Å². The highest BCUT2D eigenvalue weighted by Gasteiger charge is 2.28. The molecule has 1 N–H and O–H groups in total. The Balaban J connectivity index is 1.96. The molecule has 1 aromatic heterocycles. The van der Waals surface area contributed by atoms with E-state index in [4.69, 9.17) is 16.3 Å². The fourth-order valence-corrected chi connectivity index (χ4v) is 3.50. The van der Waals surface area contributed by atoms with Gasteiger partial charge < -0.3 is 9.84 Å². The van der Waals surface area contributed by atoms with E-state index in [1.807, 2.05) is 42.5 Å². The van der Waals surface area contributed by atoms with Crippen LogP contribution >= 0.6 is 11.6 Å². The maximum atomic E-state index is 11.7. The molecule has 126 valence electrons. The first-order chi connectivity index (χ1) is 12.1. The molecular weight excluding hydrogens is 340 g/mol. The van der Waals surface area contributed by atoms with Gasteiger partial charge in [0.05, 0.1) is 18.5 Å². The van der Waals surface area contributed by atoms with Gasteiger partial charge in [-0.05, 0) is 54.8 Å². The van der Waals surface area contributed by atoms with E-state index < -0.39 is 5.97 Å². The van der Waals surface area contributed by atoms with Crippen LogP contribution in [0.2, 0.25) is 5.02 Å². The van der Waals surface area contributed by atoms with Crippen LogP contribution in [-0.2, 0) is 12.8 Å². The number of aromatic nitrogens is 2. The molecule has 4 rings (SSSR count). The minimum absolute atomic E-state index is 0.103. The Morgan fingerprint density at radius 1 is 1.20 bits per heavy atom. The number of nitrogens with zero attached hydrogens (tertiary/aromatic N) is 2. The van der Waals surface area contributed by atoms with Gasteiger partial charge in [-0.25, -0.2) is 9.48 Å². The lowest BCUT2D eigenvalue weighted by Gasteiger charge is -2.19. The van der Waals surface area contributed by atoms with Crippen molar-refractivity contribution >= 4 is 17.6 Å². The number of aryl methyl sites for hydroxylation is 1. The van der Waals surface area contributed by atoms with Crippen molar-refractivity contribution in [1.82, 2.24) is 9.78 Å². The average Bonchev–Trinajstić information content (AvgIpc) is 3.01. The molecule has 0 fully saturated rings. The van der Waals surface area contributed by atoms with Crippen LogP contribution in [0.5, 0.6) is 5.75 Å². The van der Waals surface area contributed by atoms with Crippen molar-refractivity contribution in [2.45, 2.75) is 12.8 Å². The third-order valence-corrected chi connectivity index (χ3v) is 4.70. The van der Waals surface area contributed by atoms with E-state index in [2.05, 4.69) is 5.10 Å². The zero-order valence-corrected chi connectivity index (χ0v) is 14.2. The summed E-state index contributed by atoms with van der Waals surface area (Å²) in [6.45, 7) is 0. The van der Waals surface area contributed by atoms with Crippen molar-refractivity contribution in [2.75, 3.05) is 7.11 Å². The fraction of sp³-hybridized carbons (Fsp3) is 0.158. The quantitative estimate of drug-likeness (QED) is 0.772. The molecule has 1 heterocycles. The molecule has 0 amide bonds. The highest BCUT2D eigenvalue weighted by atomic mass is 35.5. The maximum Gasteiger partial charge on any atom is 0.356 e. The van der Waals surface area contributed by atoms with E-state index in [-0.39, 0.29) is 5.69 Å². The number of carbonyl (C=O) groups is 1. The van der Waals surface area contributed by atoms with Crippen molar-refractivity contribution < 1.29 is 14.6 Å². The van der Waals surface area contributed by atoms with Crippen molar-refractivity contribution in [3.8, 4) is 22.7 Å².